The molecule has 0 atom stereocenters. The molecule has 8 nitrogen and oxygen atoms in total. The lowest BCUT2D eigenvalue weighted by molar-refractivity contribution is -0.118. The largest absolute Gasteiger partial charge is 0.353 e. The number of anilines is 3. The molecule has 2 aromatic heterocycles. The number of benzene rings is 1. The van der Waals surface area contributed by atoms with Crippen molar-refractivity contribution in [1.82, 2.24) is 24.8 Å². The zero-order chi connectivity index (χ0) is 22.9. The molecular formula is C22H26BrN7OS. The van der Waals surface area contributed by atoms with Gasteiger partial charge >= 0.3 is 0 Å². The lowest BCUT2D eigenvalue weighted by atomic mass is 10.1. The number of carbonyl (C=O) groups excluding carboxylic acids is 1. The second-order valence-corrected chi connectivity index (χ2v) is 9.25. The second-order valence-electron chi connectivity index (χ2n) is 7.30. The molecule has 0 amide bonds. The maximum Gasteiger partial charge on any atom is 0.234 e. The molecule has 0 aliphatic heterocycles. The molecule has 0 bridgehead atoms. The predicted molar refractivity (Wildman–Crippen MR) is 132 cm³/mol. The Kier molecular flexibility index (Phi) is 8.95. The minimum absolute atomic E-state index is 0.230. The van der Waals surface area contributed by atoms with Crippen molar-refractivity contribution in [1.29, 1.82) is 0 Å². The maximum atomic E-state index is 11.7. The number of rotatable bonds is 11. The van der Waals surface area contributed by atoms with Crippen LogP contribution in [0.1, 0.15) is 18.9 Å². The molecule has 0 aliphatic rings. The number of hydrogen-bond acceptors (Lipinski definition) is 9. The summed E-state index contributed by atoms with van der Waals surface area (Å²) in [4.78, 5) is 32.6. The van der Waals surface area contributed by atoms with Crippen LogP contribution in [0.2, 0.25) is 0 Å². The number of nitrogens with one attached hydrogen (secondary N) is 2. The molecule has 3 rings (SSSR count). The molecule has 0 radical (unpaired) electrons. The van der Waals surface area contributed by atoms with Crippen LogP contribution in [0.5, 0.6) is 0 Å². The van der Waals surface area contributed by atoms with Crippen molar-refractivity contribution >= 4 is 51.2 Å². The van der Waals surface area contributed by atoms with Gasteiger partial charge in [-0.25, -0.2) is 4.98 Å². The number of carbonyl (C=O) groups is 1. The van der Waals surface area contributed by atoms with E-state index in [9.17, 15) is 4.79 Å². The number of ketones is 1. The Morgan fingerprint density at radius 3 is 2.47 bits per heavy atom. The fourth-order valence-corrected chi connectivity index (χ4v) is 3.61. The van der Waals surface area contributed by atoms with E-state index in [1.165, 1.54) is 11.8 Å². The van der Waals surface area contributed by atoms with Crippen molar-refractivity contribution in [3.63, 3.8) is 0 Å². The van der Waals surface area contributed by atoms with Gasteiger partial charge in [-0.05, 0) is 71.6 Å². The molecule has 0 saturated carbocycles. The summed E-state index contributed by atoms with van der Waals surface area (Å²) in [6.45, 7) is 3.44. The molecule has 0 spiro atoms. The van der Waals surface area contributed by atoms with Crippen LogP contribution in [0.25, 0.3) is 0 Å². The smallest absolute Gasteiger partial charge is 0.234 e. The minimum Gasteiger partial charge on any atom is -0.353 e. The van der Waals surface area contributed by atoms with Crippen LogP contribution >= 0.6 is 27.7 Å². The molecule has 0 unspecified atom stereocenters. The van der Waals surface area contributed by atoms with Gasteiger partial charge in [0.15, 0.2) is 5.16 Å². The normalized spacial score (nSPS) is 10.9. The van der Waals surface area contributed by atoms with Crippen molar-refractivity contribution in [2.45, 2.75) is 29.8 Å². The van der Waals surface area contributed by atoms with E-state index < -0.39 is 0 Å². The summed E-state index contributed by atoms with van der Waals surface area (Å²) < 4.78 is 0.894. The molecule has 10 heteroatoms. The molecule has 0 saturated heterocycles. The Balaban J connectivity index is 1.78. The molecule has 32 heavy (non-hydrogen) atoms. The van der Waals surface area contributed by atoms with Crippen molar-refractivity contribution in [3.05, 3.63) is 52.6 Å². The van der Waals surface area contributed by atoms with E-state index in [0.717, 1.165) is 21.5 Å². The number of nitrogens with zero attached hydrogens (tertiary/aromatic N) is 5. The summed E-state index contributed by atoms with van der Waals surface area (Å²) in [6, 6.07) is 11.6. The van der Waals surface area contributed by atoms with Crippen LogP contribution in [-0.4, -0.2) is 57.8 Å². The average molecular weight is 516 g/mol. The van der Waals surface area contributed by atoms with Crippen molar-refractivity contribution in [3.8, 4) is 0 Å². The molecular weight excluding hydrogens is 490 g/mol. The van der Waals surface area contributed by atoms with Gasteiger partial charge in [-0.1, -0.05) is 19.1 Å². The summed E-state index contributed by atoms with van der Waals surface area (Å²) in [5, 5.41) is 6.95. The van der Waals surface area contributed by atoms with Crippen molar-refractivity contribution in [2.24, 2.45) is 0 Å². The van der Waals surface area contributed by atoms with E-state index >= 15 is 0 Å². The van der Waals surface area contributed by atoms with Gasteiger partial charge in [-0.2, -0.15) is 15.0 Å². The van der Waals surface area contributed by atoms with Crippen LogP contribution in [0, 0.1) is 0 Å². The SMILES string of the molecule is CCC(=O)Cc1ccc(Sc2nc(NCCN(C)C)nc(Nc3ccc(Br)cn3)n2)cc1. The first kappa shape index (κ1) is 24.1. The Morgan fingerprint density at radius 2 is 1.81 bits per heavy atom. The predicted octanol–water partition coefficient (Wildman–Crippen LogP) is 4.42. The summed E-state index contributed by atoms with van der Waals surface area (Å²) in [5.74, 6) is 1.78. The first-order chi connectivity index (χ1) is 15.4. The van der Waals surface area contributed by atoms with Gasteiger partial charge in [-0.15, -0.1) is 0 Å². The Labute approximate surface area is 200 Å². The lowest BCUT2D eigenvalue weighted by Crippen LogP contribution is -2.21. The quantitative estimate of drug-likeness (QED) is 0.384. The van der Waals surface area contributed by atoms with Crippen molar-refractivity contribution < 1.29 is 4.79 Å². The Morgan fingerprint density at radius 1 is 1.06 bits per heavy atom. The zero-order valence-corrected chi connectivity index (χ0v) is 20.7. The topological polar surface area (TPSA) is 95.9 Å². The first-order valence-electron chi connectivity index (χ1n) is 10.2. The number of pyridine rings is 1. The van der Waals surface area contributed by atoms with Crippen LogP contribution in [0.4, 0.5) is 17.7 Å². The third-order valence-electron chi connectivity index (χ3n) is 4.35. The van der Waals surface area contributed by atoms with E-state index in [1.54, 1.807) is 6.20 Å². The van der Waals surface area contributed by atoms with Crippen LogP contribution < -0.4 is 10.6 Å². The fraction of sp³-hybridized carbons (Fsp3) is 0.318. The second kappa shape index (κ2) is 11.9. The van der Waals surface area contributed by atoms with Gasteiger partial charge in [0.2, 0.25) is 11.9 Å². The molecule has 2 N–H and O–H groups in total. The van der Waals surface area contributed by atoms with E-state index in [4.69, 9.17) is 0 Å². The van der Waals surface area contributed by atoms with Crippen molar-refractivity contribution in [2.75, 3.05) is 37.8 Å². The van der Waals surface area contributed by atoms with Crippen LogP contribution in [0.15, 0.2) is 57.1 Å². The van der Waals surface area contributed by atoms with Gasteiger partial charge in [0, 0.05) is 41.5 Å². The van der Waals surface area contributed by atoms with Gasteiger partial charge < -0.3 is 15.5 Å². The van der Waals surface area contributed by atoms with Gasteiger partial charge in [-0.3, -0.25) is 4.79 Å². The van der Waals surface area contributed by atoms with Crippen LogP contribution in [0.3, 0.4) is 0 Å². The first-order valence-corrected chi connectivity index (χ1v) is 11.8. The molecule has 1 aromatic carbocycles. The average Bonchev–Trinajstić information content (AvgIpc) is 2.76. The molecule has 0 aliphatic carbocycles. The number of Topliss-reactive ketones (excluding diaryl/α,β-unsaturated/α-hetero) is 1. The number of aromatic nitrogens is 4. The molecule has 3 aromatic rings. The third kappa shape index (κ3) is 7.85. The third-order valence-corrected chi connectivity index (χ3v) is 5.69. The van der Waals surface area contributed by atoms with E-state index in [1.807, 2.05) is 57.4 Å². The summed E-state index contributed by atoms with van der Waals surface area (Å²) in [6.07, 6.45) is 2.72. The summed E-state index contributed by atoms with van der Waals surface area (Å²) >= 11 is 4.82. The fourth-order valence-electron chi connectivity index (χ4n) is 2.63. The van der Waals surface area contributed by atoms with E-state index in [-0.39, 0.29) is 5.78 Å². The summed E-state index contributed by atoms with van der Waals surface area (Å²) in [7, 11) is 4.03. The standard InChI is InChI=1S/C22H26BrN7OS/c1-4-17(31)13-15-5-8-18(9-6-15)32-22-28-20(24-11-12-30(2)3)27-21(29-22)26-19-10-7-16(23)14-25-19/h5-10,14H,4,11-13H2,1-3H3,(H2,24,25,26,27,28,29). The van der Waals surface area contributed by atoms with E-state index in [2.05, 4.69) is 51.4 Å². The Hall–Kier alpha value is -2.56. The number of hydrogen-bond donors (Lipinski definition) is 2. The maximum absolute atomic E-state index is 11.7. The van der Waals surface area contributed by atoms with Gasteiger partial charge in [0.25, 0.3) is 0 Å². The molecule has 0 fully saturated rings. The minimum atomic E-state index is 0.230. The highest BCUT2D eigenvalue weighted by atomic mass is 79.9. The summed E-state index contributed by atoms with van der Waals surface area (Å²) in [5.41, 5.74) is 1.01. The van der Waals surface area contributed by atoms with Crippen LogP contribution in [-0.2, 0) is 11.2 Å². The Bertz CT molecular complexity index is 1030. The molecule has 2 heterocycles. The van der Waals surface area contributed by atoms with E-state index in [0.29, 0.717) is 42.3 Å². The van der Waals surface area contributed by atoms with Gasteiger partial charge in [0.1, 0.15) is 11.6 Å². The van der Waals surface area contributed by atoms with Gasteiger partial charge in [0.05, 0.1) is 0 Å². The highest BCUT2D eigenvalue weighted by Crippen LogP contribution is 2.27. The number of halogens is 1. The monoisotopic (exact) mass is 515 g/mol. The molecule has 168 valence electrons. The number of likely N-dealkylation sites (N-methyl/N-ethyl adjacent to an activating group) is 1. The highest BCUT2D eigenvalue weighted by molar-refractivity contribution is 9.10. The lowest BCUT2D eigenvalue weighted by Gasteiger charge is -2.12. The highest BCUT2D eigenvalue weighted by Gasteiger charge is 2.10. The zero-order valence-electron chi connectivity index (χ0n) is 18.3.